The number of aromatic nitrogens is 2. The van der Waals surface area contributed by atoms with Gasteiger partial charge in [0, 0.05) is 25.6 Å². The summed E-state index contributed by atoms with van der Waals surface area (Å²) in [6.07, 6.45) is -1.23. The van der Waals surface area contributed by atoms with Gasteiger partial charge in [-0.15, -0.1) is 0 Å². The van der Waals surface area contributed by atoms with Crippen LogP contribution < -0.4 is 10.9 Å². The van der Waals surface area contributed by atoms with Crippen LogP contribution in [0.25, 0.3) is 0 Å². The number of rotatable bonds is 9. The molecule has 0 saturated heterocycles. The average molecular weight is 388 g/mol. The van der Waals surface area contributed by atoms with Gasteiger partial charge in [0.1, 0.15) is 5.56 Å². The molecule has 0 saturated carbocycles. The summed E-state index contributed by atoms with van der Waals surface area (Å²) in [6.45, 7) is 5.99. The molecule has 6 nitrogen and oxygen atoms in total. The first-order chi connectivity index (χ1) is 12.8. The SMILES string of the molecule is CCCCN(CCC)C(=O)CNCC1CCc2c1n[nH]c(=O)c2C(F)(F)F. The minimum atomic E-state index is -4.70. The predicted octanol–water partition coefficient (Wildman–Crippen LogP) is 2.45. The Kier molecular flexibility index (Phi) is 7.41. The Morgan fingerprint density at radius 3 is 2.67 bits per heavy atom. The summed E-state index contributed by atoms with van der Waals surface area (Å²) in [5.41, 5.74) is -2.07. The third-order valence-corrected chi connectivity index (χ3v) is 4.82. The lowest BCUT2D eigenvalue weighted by Crippen LogP contribution is -2.40. The summed E-state index contributed by atoms with van der Waals surface area (Å²) < 4.78 is 39.4. The van der Waals surface area contributed by atoms with Crippen LogP contribution in [0, 0.1) is 0 Å². The number of carbonyl (C=O) groups excluding carboxylic acids is 1. The van der Waals surface area contributed by atoms with E-state index < -0.39 is 17.3 Å². The van der Waals surface area contributed by atoms with Gasteiger partial charge in [0.2, 0.25) is 5.91 Å². The van der Waals surface area contributed by atoms with Crippen LogP contribution in [0.4, 0.5) is 13.2 Å². The molecule has 1 aromatic heterocycles. The minimum Gasteiger partial charge on any atom is -0.342 e. The molecule has 0 spiro atoms. The molecule has 2 N–H and O–H groups in total. The molecule has 1 atom stereocenters. The highest BCUT2D eigenvalue weighted by molar-refractivity contribution is 5.78. The first-order valence-corrected chi connectivity index (χ1v) is 9.46. The topological polar surface area (TPSA) is 78.1 Å². The smallest absolute Gasteiger partial charge is 0.342 e. The lowest BCUT2D eigenvalue weighted by molar-refractivity contribution is -0.139. The van der Waals surface area contributed by atoms with Crippen molar-refractivity contribution in [3.05, 3.63) is 27.2 Å². The molecule has 1 aromatic rings. The van der Waals surface area contributed by atoms with Crippen LogP contribution in [0.1, 0.15) is 62.3 Å². The molecule has 1 heterocycles. The largest absolute Gasteiger partial charge is 0.422 e. The third-order valence-electron chi connectivity index (χ3n) is 4.82. The molecule has 1 aliphatic carbocycles. The van der Waals surface area contributed by atoms with Crippen molar-refractivity contribution in [2.24, 2.45) is 0 Å². The maximum Gasteiger partial charge on any atom is 0.422 e. The van der Waals surface area contributed by atoms with E-state index in [1.165, 1.54) is 0 Å². The number of unbranched alkanes of at least 4 members (excludes halogenated alkanes) is 1. The predicted molar refractivity (Wildman–Crippen MR) is 95.6 cm³/mol. The molecule has 9 heteroatoms. The van der Waals surface area contributed by atoms with Gasteiger partial charge in [-0.1, -0.05) is 20.3 Å². The molecule has 1 aliphatic rings. The van der Waals surface area contributed by atoms with Crippen molar-refractivity contribution in [1.29, 1.82) is 0 Å². The van der Waals surface area contributed by atoms with Crippen LogP contribution in [0.2, 0.25) is 0 Å². The van der Waals surface area contributed by atoms with Crippen molar-refractivity contribution >= 4 is 5.91 Å². The van der Waals surface area contributed by atoms with Gasteiger partial charge in [0.25, 0.3) is 5.56 Å². The van der Waals surface area contributed by atoms with Crippen LogP contribution in [-0.2, 0) is 17.4 Å². The number of alkyl halides is 3. The maximum atomic E-state index is 13.1. The van der Waals surface area contributed by atoms with Gasteiger partial charge in [-0.25, -0.2) is 5.10 Å². The van der Waals surface area contributed by atoms with Crippen LogP contribution in [0.5, 0.6) is 0 Å². The molecule has 0 bridgehead atoms. The molecular formula is C18H27F3N4O2. The van der Waals surface area contributed by atoms with Gasteiger partial charge in [-0.05, 0) is 31.2 Å². The van der Waals surface area contributed by atoms with Crippen molar-refractivity contribution in [3.63, 3.8) is 0 Å². The minimum absolute atomic E-state index is 0.00562. The fourth-order valence-corrected chi connectivity index (χ4v) is 3.49. The zero-order chi connectivity index (χ0) is 20.0. The zero-order valence-electron chi connectivity index (χ0n) is 15.8. The van der Waals surface area contributed by atoms with E-state index in [4.69, 9.17) is 0 Å². The van der Waals surface area contributed by atoms with Gasteiger partial charge < -0.3 is 10.2 Å². The van der Waals surface area contributed by atoms with Gasteiger partial charge in [0.15, 0.2) is 0 Å². The van der Waals surface area contributed by atoms with Crippen molar-refractivity contribution in [1.82, 2.24) is 20.4 Å². The van der Waals surface area contributed by atoms with E-state index in [-0.39, 0.29) is 36.0 Å². The number of amides is 1. The average Bonchev–Trinajstić information content (AvgIpc) is 2.99. The lowest BCUT2D eigenvalue weighted by Gasteiger charge is -2.22. The van der Waals surface area contributed by atoms with Crippen LogP contribution in [-0.4, -0.2) is 47.2 Å². The quantitative estimate of drug-likeness (QED) is 0.681. The normalized spacial score (nSPS) is 16.4. The Bertz CT molecular complexity index is 703. The second-order valence-corrected chi connectivity index (χ2v) is 6.89. The summed E-state index contributed by atoms with van der Waals surface area (Å²) in [6, 6.07) is 0. The van der Waals surface area contributed by atoms with Crippen LogP contribution in [0.15, 0.2) is 4.79 Å². The number of aromatic amines is 1. The van der Waals surface area contributed by atoms with E-state index in [0.717, 1.165) is 25.8 Å². The Labute approximate surface area is 156 Å². The maximum absolute atomic E-state index is 13.1. The van der Waals surface area contributed by atoms with Crippen molar-refractivity contribution in [2.75, 3.05) is 26.2 Å². The number of fused-ring (bicyclic) bond motifs is 1. The fourth-order valence-electron chi connectivity index (χ4n) is 3.49. The summed E-state index contributed by atoms with van der Waals surface area (Å²) in [7, 11) is 0. The number of hydrogen-bond acceptors (Lipinski definition) is 4. The van der Waals surface area contributed by atoms with Gasteiger partial charge in [-0.3, -0.25) is 9.59 Å². The second kappa shape index (κ2) is 9.34. The van der Waals surface area contributed by atoms with Crippen molar-refractivity contribution in [2.45, 2.75) is 58.0 Å². The Morgan fingerprint density at radius 2 is 2.04 bits per heavy atom. The number of carbonyl (C=O) groups is 1. The molecule has 2 rings (SSSR count). The van der Waals surface area contributed by atoms with Gasteiger partial charge in [-0.2, -0.15) is 18.3 Å². The Morgan fingerprint density at radius 1 is 1.30 bits per heavy atom. The summed E-state index contributed by atoms with van der Waals surface area (Å²) >= 11 is 0. The number of nitrogens with zero attached hydrogens (tertiary/aromatic N) is 2. The Balaban J connectivity index is 1.98. The number of halogens is 3. The molecule has 152 valence electrons. The zero-order valence-corrected chi connectivity index (χ0v) is 15.8. The molecule has 1 amide bonds. The summed E-state index contributed by atoms with van der Waals surface area (Å²) in [4.78, 5) is 25.7. The van der Waals surface area contributed by atoms with Gasteiger partial charge in [0.05, 0.1) is 12.2 Å². The number of H-pyrrole nitrogens is 1. The fraction of sp³-hybridized carbons (Fsp3) is 0.722. The van der Waals surface area contributed by atoms with Crippen LogP contribution in [0.3, 0.4) is 0 Å². The molecule has 27 heavy (non-hydrogen) atoms. The first-order valence-electron chi connectivity index (χ1n) is 9.46. The number of hydrogen-bond donors (Lipinski definition) is 2. The monoisotopic (exact) mass is 388 g/mol. The molecule has 0 radical (unpaired) electrons. The molecule has 0 fully saturated rings. The van der Waals surface area contributed by atoms with E-state index >= 15 is 0 Å². The highest BCUT2D eigenvalue weighted by atomic mass is 19.4. The summed E-state index contributed by atoms with van der Waals surface area (Å²) in [5, 5.41) is 8.86. The Hall–Kier alpha value is -1.90. The van der Waals surface area contributed by atoms with E-state index in [9.17, 15) is 22.8 Å². The van der Waals surface area contributed by atoms with E-state index in [2.05, 4.69) is 17.3 Å². The second-order valence-electron chi connectivity index (χ2n) is 6.89. The van der Waals surface area contributed by atoms with Crippen LogP contribution >= 0.6 is 0 Å². The van der Waals surface area contributed by atoms with E-state index in [0.29, 0.717) is 19.5 Å². The number of nitrogens with one attached hydrogen (secondary N) is 2. The lowest BCUT2D eigenvalue weighted by atomic mass is 10.1. The van der Waals surface area contributed by atoms with E-state index in [1.54, 1.807) is 0 Å². The van der Waals surface area contributed by atoms with E-state index in [1.807, 2.05) is 16.9 Å². The molecular weight excluding hydrogens is 361 g/mol. The molecule has 0 aromatic carbocycles. The van der Waals surface area contributed by atoms with Gasteiger partial charge >= 0.3 is 6.18 Å². The molecule has 1 unspecified atom stereocenters. The molecule has 0 aliphatic heterocycles. The standard InChI is InChI=1S/C18H27F3N4O2/c1-3-5-9-25(8-4-2)14(26)11-22-10-12-6-7-13-15(18(19,20)21)17(27)24-23-16(12)13/h12,22H,3-11H2,1-2H3,(H,24,27). The summed E-state index contributed by atoms with van der Waals surface area (Å²) in [5.74, 6) is -0.255. The van der Waals surface area contributed by atoms with Crippen molar-refractivity contribution in [3.8, 4) is 0 Å². The van der Waals surface area contributed by atoms with Crippen molar-refractivity contribution < 1.29 is 18.0 Å². The highest BCUT2D eigenvalue weighted by Crippen LogP contribution is 2.37. The third kappa shape index (κ3) is 5.31. The highest BCUT2D eigenvalue weighted by Gasteiger charge is 2.41. The first kappa shape index (κ1) is 21.4.